The molecule has 3 heterocycles. The molecule has 0 atom stereocenters. The van der Waals surface area contributed by atoms with Gasteiger partial charge in [0, 0.05) is 49.5 Å². The van der Waals surface area contributed by atoms with Crippen LogP contribution in [0.25, 0.3) is 32.9 Å². The second-order valence-corrected chi connectivity index (χ2v) is 13.3. The molecule has 14 heteroatoms. The van der Waals surface area contributed by atoms with Crippen molar-refractivity contribution in [3.8, 4) is 35.4 Å². The number of nitrogens with zero attached hydrogens (tertiary/aromatic N) is 6. The van der Waals surface area contributed by atoms with E-state index in [0.717, 1.165) is 6.42 Å². The summed E-state index contributed by atoms with van der Waals surface area (Å²) in [7, 11) is 5.01. The Hall–Kier alpha value is -5.13. The minimum Gasteiger partial charge on any atom is -0.468 e. The van der Waals surface area contributed by atoms with Crippen molar-refractivity contribution in [2.45, 2.75) is 45.6 Å². The number of carbonyl (C=O) groups excluding carboxylic acids is 1. The van der Waals surface area contributed by atoms with Gasteiger partial charge in [-0.15, -0.1) is 6.42 Å². The number of ether oxygens (including phenoxy) is 4. The molecule has 4 aromatic rings. The number of methoxy groups -OCH3 is 1. The van der Waals surface area contributed by atoms with Crippen molar-refractivity contribution < 1.29 is 36.9 Å². The topological polar surface area (TPSA) is 102 Å². The van der Waals surface area contributed by atoms with Gasteiger partial charge in [-0.25, -0.2) is 23.0 Å². The molecule has 270 valence electrons. The summed E-state index contributed by atoms with van der Waals surface area (Å²) in [6, 6.07) is 5.60. The normalized spacial score (nSPS) is 14.2. The van der Waals surface area contributed by atoms with E-state index in [-0.39, 0.29) is 70.5 Å². The lowest BCUT2D eigenvalue weighted by atomic mass is 9.95. The van der Waals surface area contributed by atoms with Gasteiger partial charge in [0.1, 0.15) is 35.0 Å². The van der Waals surface area contributed by atoms with Gasteiger partial charge in [0.05, 0.1) is 17.3 Å². The van der Waals surface area contributed by atoms with Gasteiger partial charge in [-0.05, 0) is 77.7 Å². The van der Waals surface area contributed by atoms with Crippen LogP contribution in [0.3, 0.4) is 0 Å². The van der Waals surface area contributed by atoms with Gasteiger partial charge in [-0.2, -0.15) is 9.97 Å². The Morgan fingerprint density at radius 1 is 1.10 bits per heavy atom. The highest BCUT2D eigenvalue weighted by molar-refractivity contribution is 6.03. The fourth-order valence-corrected chi connectivity index (χ4v) is 5.76. The molecule has 1 aliphatic heterocycles. The Balaban J connectivity index is 1.75. The van der Waals surface area contributed by atoms with Gasteiger partial charge in [0.2, 0.25) is 0 Å². The molecule has 11 nitrogen and oxygen atoms in total. The second-order valence-electron chi connectivity index (χ2n) is 13.3. The second kappa shape index (κ2) is 15.8. The molecule has 1 amide bonds. The van der Waals surface area contributed by atoms with Crippen molar-refractivity contribution in [1.29, 1.82) is 0 Å². The van der Waals surface area contributed by atoms with Crippen LogP contribution in [0.15, 0.2) is 42.4 Å². The molecular weight excluding hydrogens is 665 g/mol. The van der Waals surface area contributed by atoms with E-state index in [9.17, 15) is 9.18 Å². The van der Waals surface area contributed by atoms with Crippen LogP contribution in [0.2, 0.25) is 0 Å². The van der Waals surface area contributed by atoms with E-state index in [2.05, 4.69) is 20.9 Å². The van der Waals surface area contributed by atoms with Crippen LogP contribution >= 0.6 is 0 Å². The van der Waals surface area contributed by atoms with Gasteiger partial charge in [-0.3, -0.25) is 9.99 Å². The minimum absolute atomic E-state index is 0.0847. The number of hydrogen-bond donors (Lipinski definition) is 0. The molecule has 1 aliphatic rings. The quantitative estimate of drug-likeness (QED) is 0.126. The number of amides is 1. The largest absolute Gasteiger partial charge is 0.468 e. The van der Waals surface area contributed by atoms with Crippen LogP contribution in [0.1, 0.15) is 45.6 Å². The molecule has 0 N–H and O–H groups in total. The Morgan fingerprint density at radius 2 is 1.86 bits per heavy atom. The number of halogens is 3. The van der Waals surface area contributed by atoms with Crippen LogP contribution in [-0.4, -0.2) is 90.8 Å². The van der Waals surface area contributed by atoms with Gasteiger partial charge >= 0.3 is 12.1 Å². The molecular formula is C37H41F3N6O5. The molecule has 2 aromatic heterocycles. The number of hydrogen-bond acceptors (Lipinski definition) is 10. The molecule has 5 rings (SSSR count). The first kappa shape index (κ1) is 37.1. The SMILES string of the molecule is C#Cc1c(F)ccc2cc(OCOC)cc(-c3ncc4c(N5CCCCCN5C(=O)OC(C)(C)C)nc(OC/C(=C/F)CN(C)C)nc4c3F)c12. The van der Waals surface area contributed by atoms with Crippen LogP contribution < -0.4 is 14.5 Å². The van der Waals surface area contributed by atoms with E-state index >= 15 is 8.78 Å². The Morgan fingerprint density at radius 3 is 2.55 bits per heavy atom. The highest BCUT2D eigenvalue weighted by atomic mass is 19.1. The summed E-state index contributed by atoms with van der Waals surface area (Å²) in [6.45, 7) is 5.85. The highest BCUT2D eigenvalue weighted by Gasteiger charge is 2.32. The third kappa shape index (κ3) is 8.44. The zero-order valence-electron chi connectivity index (χ0n) is 29.6. The van der Waals surface area contributed by atoms with E-state index < -0.39 is 23.3 Å². The molecule has 0 unspecified atom stereocenters. The fraction of sp³-hybridized carbons (Fsp3) is 0.405. The minimum atomic E-state index is -0.897. The van der Waals surface area contributed by atoms with Crippen LogP contribution in [0.5, 0.6) is 11.8 Å². The molecule has 0 bridgehead atoms. The van der Waals surface area contributed by atoms with E-state index in [0.29, 0.717) is 43.4 Å². The Kier molecular flexibility index (Phi) is 11.5. The number of anilines is 1. The lowest BCUT2D eigenvalue weighted by Crippen LogP contribution is -2.49. The van der Waals surface area contributed by atoms with E-state index in [1.54, 1.807) is 50.8 Å². The van der Waals surface area contributed by atoms with E-state index in [1.165, 1.54) is 36.5 Å². The van der Waals surface area contributed by atoms with Crippen LogP contribution in [0, 0.1) is 24.0 Å². The van der Waals surface area contributed by atoms with Gasteiger partial charge in [0.25, 0.3) is 0 Å². The summed E-state index contributed by atoms with van der Waals surface area (Å²) in [4.78, 5) is 28.9. The van der Waals surface area contributed by atoms with Crippen molar-refractivity contribution in [2.24, 2.45) is 0 Å². The molecule has 2 aromatic carbocycles. The molecule has 0 saturated carbocycles. The number of hydrazine groups is 1. The summed E-state index contributed by atoms with van der Waals surface area (Å²) in [5, 5.41) is 3.92. The maximum atomic E-state index is 17.1. The zero-order chi connectivity index (χ0) is 36.9. The average molecular weight is 707 g/mol. The number of rotatable bonds is 10. The monoisotopic (exact) mass is 706 g/mol. The van der Waals surface area contributed by atoms with Crippen molar-refractivity contribution in [2.75, 3.05) is 59.2 Å². The summed E-state index contributed by atoms with van der Waals surface area (Å²) in [6.07, 6.45) is 9.15. The van der Waals surface area contributed by atoms with Gasteiger partial charge in [0.15, 0.2) is 18.4 Å². The highest BCUT2D eigenvalue weighted by Crippen LogP contribution is 2.39. The van der Waals surface area contributed by atoms with Gasteiger partial charge in [-0.1, -0.05) is 12.0 Å². The lowest BCUT2D eigenvalue weighted by Gasteiger charge is -2.35. The average Bonchev–Trinajstić information content (AvgIpc) is 3.34. The number of pyridine rings is 1. The van der Waals surface area contributed by atoms with Gasteiger partial charge < -0.3 is 23.8 Å². The maximum Gasteiger partial charge on any atom is 0.429 e. The smallest absolute Gasteiger partial charge is 0.429 e. The number of benzene rings is 2. The van der Waals surface area contributed by atoms with Crippen LogP contribution in [0.4, 0.5) is 23.8 Å². The summed E-state index contributed by atoms with van der Waals surface area (Å²) in [5.41, 5.74) is -0.853. The number of aromatic nitrogens is 3. The maximum absolute atomic E-state index is 17.1. The number of terminal acetylenes is 1. The molecule has 0 aliphatic carbocycles. The fourth-order valence-electron chi connectivity index (χ4n) is 5.76. The first-order chi connectivity index (χ1) is 24.3. The van der Waals surface area contributed by atoms with E-state index in [1.807, 2.05) is 0 Å². The third-order valence-corrected chi connectivity index (χ3v) is 7.87. The predicted molar refractivity (Wildman–Crippen MR) is 188 cm³/mol. The predicted octanol–water partition coefficient (Wildman–Crippen LogP) is 7.02. The Bertz CT molecular complexity index is 1990. The summed E-state index contributed by atoms with van der Waals surface area (Å²) in [5.74, 6) is 1.25. The van der Waals surface area contributed by atoms with Crippen molar-refractivity contribution in [3.63, 3.8) is 0 Å². The lowest BCUT2D eigenvalue weighted by molar-refractivity contribution is 0.0232. The molecule has 1 fully saturated rings. The first-order valence-corrected chi connectivity index (χ1v) is 16.4. The molecule has 51 heavy (non-hydrogen) atoms. The van der Waals surface area contributed by atoms with Crippen molar-refractivity contribution in [3.05, 3.63) is 59.6 Å². The molecule has 0 spiro atoms. The summed E-state index contributed by atoms with van der Waals surface area (Å²) >= 11 is 0. The summed E-state index contributed by atoms with van der Waals surface area (Å²) < 4.78 is 68.3. The third-order valence-electron chi connectivity index (χ3n) is 7.87. The zero-order valence-corrected chi connectivity index (χ0v) is 29.6. The molecule has 0 radical (unpaired) electrons. The van der Waals surface area contributed by atoms with E-state index in [4.69, 9.17) is 25.4 Å². The standard InChI is InChI=1S/C37H41F3N6O5/c1-8-26-29(39)13-12-24-16-25(50-22-48-7)17-27(30(24)26)32-31(40)33-28(19-41-32)34(43-35(42-33)49-21-23(18-38)20-44(5)6)45-14-10-9-11-15-46(45)36(47)51-37(2,3)4/h1,12-13,16-19H,9-11,14-15,20-22H2,2-7H3/b23-18+. The van der Waals surface area contributed by atoms with Crippen molar-refractivity contribution >= 4 is 33.6 Å². The number of carbonyl (C=O) groups is 1. The van der Waals surface area contributed by atoms with Crippen LogP contribution in [-0.2, 0) is 9.47 Å². The first-order valence-electron chi connectivity index (χ1n) is 16.4. The Labute approximate surface area is 294 Å². The number of likely N-dealkylation sites (N-methyl/N-ethyl adjacent to an activating group) is 1. The van der Waals surface area contributed by atoms with Crippen molar-refractivity contribution in [1.82, 2.24) is 24.9 Å². The number of fused-ring (bicyclic) bond motifs is 2. The molecule has 1 saturated heterocycles.